The summed E-state index contributed by atoms with van der Waals surface area (Å²) in [6, 6.07) is 5.26. The summed E-state index contributed by atoms with van der Waals surface area (Å²) in [6.07, 6.45) is 1.05. The molecule has 2 N–H and O–H groups in total. The fourth-order valence-electron chi connectivity index (χ4n) is 2.06. The predicted octanol–water partition coefficient (Wildman–Crippen LogP) is 2.09. The van der Waals surface area contributed by atoms with Gasteiger partial charge in [-0.2, -0.15) is 0 Å². The molecule has 0 aromatic heterocycles. The van der Waals surface area contributed by atoms with E-state index in [0.29, 0.717) is 6.04 Å². The minimum Gasteiger partial charge on any atom is -0.326 e. The number of aryl methyl sites for hydroxylation is 1. The van der Waals surface area contributed by atoms with Gasteiger partial charge in [-0.3, -0.25) is 4.90 Å². The van der Waals surface area contributed by atoms with Gasteiger partial charge in [-0.05, 0) is 36.6 Å². The molecule has 0 aliphatic carbocycles. The molecule has 0 amide bonds. The molecule has 16 heavy (non-hydrogen) atoms. The van der Waals surface area contributed by atoms with E-state index in [1.165, 1.54) is 6.07 Å². The summed E-state index contributed by atoms with van der Waals surface area (Å²) in [5.74, 6) is -0.154. The molecule has 1 unspecified atom stereocenters. The maximum Gasteiger partial charge on any atom is 0.123 e. The lowest BCUT2D eigenvalue weighted by Gasteiger charge is -2.16. The highest BCUT2D eigenvalue weighted by Gasteiger charge is 2.19. The van der Waals surface area contributed by atoms with Crippen molar-refractivity contribution in [2.24, 2.45) is 5.73 Å². The summed E-state index contributed by atoms with van der Waals surface area (Å²) in [6.45, 7) is 4.79. The van der Waals surface area contributed by atoms with Crippen molar-refractivity contribution in [2.45, 2.75) is 25.9 Å². The Kier molecular flexibility index (Phi) is 4.71. The van der Waals surface area contributed by atoms with Crippen LogP contribution in [0.5, 0.6) is 0 Å². The monoisotopic (exact) mass is 244 g/mol. The number of likely N-dealkylation sites (tertiary alicyclic amines) is 1. The van der Waals surface area contributed by atoms with Crippen LogP contribution in [0, 0.1) is 12.7 Å². The molecule has 1 heterocycles. The molecule has 0 spiro atoms. The number of hydrogen-bond donors (Lipinski definition) is 1. The summed E-state index contributed by atoms with van der Waals surface area (Å²) < 4.78 is 13.1. The number of hydrogen-bond acceptors (Lipinski definition) is 2. The minimum atomic E-state index is -0.154. The first-order chi connectivity index (χ1) is 7.15. The van der Waals surface area contributed by atoms with E-state index in [1.54, 1.807) is 6.07 Å². The third kappa shape index (κ3) is 3.17. The molecular formula is C12H18ClFN2. The quantitative estimate of drug-likeness (QED) is 0.863. The van der Waals surface area contributed by atoms with Gasteiger partial charge in [0.15, 0.2) is 0 Å². The standard InChI is InChI=1S/C12H17FN2.ClH/c1-9-2-3-11(13)6-10(9)7-15-5-4-12(14)8-15;/h2-3,6,12H,4-5,7-8,14H2,1H3;1H. The van der Waals surface area contributed by atoms with Gasteiger partial charge in [-0.1, -0.05) is 6.07 Å². The van der Waals surface area contributed by atoms with Gasteiger partial charge in [0.1, 0.15) is 5.82 Å². The zero-order valence-corrected chi connectivity index (χ0v) is 10.3. The van der Waals surface area contributed by atoms with Crippen LogP contribution >= 0.6 is 12.4 Å². The van der Waals surface area contributed by atoms with Crippen molar-refractivity contribution in [2.75, 3.05) is 13.1 Å². The summed E-state index contributed by atoms with van der Waals surface area (Å²) in [4.78, 5) is 2.28. The summed E-state index contributed by atoms with van der Waals surface area (Å²) in [5.41, 5.74) is 8.05. The van der Waals surface area contributed by atoms with Crippen LogP contribution in [0.25, 0.3) is 0 Å². The van der Waals surface area contributed by atoms with Crippen LogP contribution in [0.3, 0.4) is 0 Å². The SMILES string of the molecule is Cc1ccc(F)cc1CN1CCC(N)C1.Cl. The van der Waals surface area contributed by atoms with Crippen LogP contribution < -0.4 is 5.73 Å². The van der Waals surface area contributed by atoms with Crippen molar-refractivity contribution in [3.63, 3.8) is 0 Å². The molecule has 0 radical (unpaired) electrons. The summed E-state index contributed by atoms with van der Waals surface area (Å²) in [5, 5.41) is 0. The molecule has 1 aliphatic heterocycles. The first-order valence-electron chi connectivity index (χ1n) is 5.38. The van der Waals surface area contributed by atoms with Gasteiger partial charge < -0.3 is 5.73 Å². The van der Waals surface area contributed by atoms with Crippen LogP contribution in [-0.2, 0) is 6.54 Å². The Balaban J connectivity index is 0.00000128. The predicted molar refractivity (Wildman–Crippen MR) is 66.3 cm³/mol. The molecular weight excluding hydrogens is 227 g/mol. The molecule has 1 aromatic carbocycles. The Morgan fingerprint density at radius 2 is 2.25 bits per heavy atom. The van der Waals surface area contributed by atoms with Crippen LogP contribution in [0.2, 0.25) is 0 Å². The number of nitrogens with zero attached hydrogens (tertiary/aromatic N) is 1. The number of benzene rings is 1. The second-order valence-corrected chi connectivity index (χ2v) is 4.35. The van der Waals surface area contributed by atoms with Gasteiger partial charge in [-0.15, -0.1) is 12.4 Å². The van der Waals surface area contributed by atoms with Crippen molar-refractivity contribution in [3.05, 3.63) is 35.1 Å². The molecule has 0 saturated carbocycles. The van der Waals surface area contributed by atoms with Crippen LogP contribution in [0.4, 0.5) is 4.39 Å². The van der Waals surface area contributed by atoms with E-state index in [0.717, 1.165) is 37.2 Å². The van der Waals surface area contributed by atoms with E-state index in [4.69, 9.17) is 5.73 Å². The average Bonchev–Trinajstić information content (AvgIpc) is 2.58. The Morgan fingerprint density at radius 3 is 2.88 bits per heavy atom. The van der Waals surface area contributed by atoms with Crippen molar-refractivity contribution < 1.29 is 4.39 Å². The van der Waals surface area contributed by atoms with Crippen LogP contribution in [-0.4, -0.2) is 24.0 Å². The highest BCUT2D eigenvalue weighted by atomic mass is 35.5. The smallest absolute Gasteiger partial charge is 0.123 e. The molecule has 1 saturated heterocycles. The molecule has 4 heteroatoms. The van der Waals surface area contributed by atoms with Crippen molar-refractivity contribution in [1.29, 1.82) is 0 Å². The summed E-state index contributed by atoms with van der Waals surface area (Å²) in [7, 11) is 0. The maximum atomic E-state index is 13.1. The topological polar surface area (TPSA) is 29.3 Å². The lowest BCUT2D eigenvalue weighted by molar-refractivity contribution is 0.325. The zero-order valence-electron chi connectivity index (χ0n) is 9.45. The van der Waals surface area contributed by atoms with E-state index in [1.807, 2.05) is 13.0 Å². The highest BCUT2D eigenvalue weighted by molar-refractivity contribution is 5.85. The zero-order chi connectivity index (χ0) is 10.8. The van der Waals surface area contributed by atoms with Gasteiger partial charge in [0.2, 0.25) is 0 Å². The molecule has 0 bridgehead atoms. The van der Waals surface area contributed by atoms with Gasteiger partial charge >= 0.3 is 0 Å². The second kappa shape index (κ2) is 5.62. The molecule has 1 aromatic rings. The largest absolute Gasteiger partial charge is 0.326 e. The first kappa shape index (κ1) is 13.4. The van der Waals surface area contributed by atoms with E-state index >= 15 is 0 Å². The number of rotatable bonds is 2. The lowest BCUT2D eigenvalue weighted by atomic mass is 10.1. The van der Waals surface area contributed by atoms with E-state index < -0.39 is 0 Å². The molecule has 2 nitrogen and oxygen atoms in total. The van der Waals surface area contributed by atoms with E-state index in [-0.39, 0.29) is 18.2 Å². The van der Waals surface area contributed by atoms with Crippen LogP contribution in [0.1, 0.15) is 17.5 Å². The van der Waals surface area contributed by atoms with E-state index in [9.17, 15) is 4.39 Å². The number of halogens is 2. The second-order valence-electron chi connectivity index (χ2n) is 4.35. The third-order valence-electron chi connectivity index (χ3n) is 3.01. The van der Waals surface area contributed by atoms with Crippen LogP contribution in [0.15, 0.2) is 18.2 Å². The summed E-state index contributed by atoms with van der Waals surface area (Å²) >= 11 is 0. The van der Waals surface area contributed by atoms with Gasteiger partial charge in [0.25, 0.3) is 0 Å². The van der Waals surface area contributed by atoms with Crippen molar-refractivity contribution in [3.8, 4) is 0 Å². The molecule has 90 valence electrons. The Hall–Kier alpha value is -0.640. The third-order valence-corrected chi connectivity index (χ3v) is 3.01. The molecule has 2 rings (SSSR count). The lowest BCUT2D eigenvalue weighted by Crippen LogP contribution is -2.26. The van der Waals surface area contributed by atoms with Crippen molar-refractivity contribution >= 4 is 12.4 Å². The fourth-order valence-corrected chi connectivity index (χ4v) is 2.06. The van der Waals surface area contributed by atoms with Gasteiger partial charge in [0, 0.05) is 25.7 Å². The Bertz CT molecular complexity index is 357. The van der Waals surface area contributed by atoms with E-state index in [2.05, 4.69) is 4.90 Å². The maximum absolute atomic E-state index is 13.1. The van der Waals surface area contributed by atoms with Gasteiger partial charge in [0.05, 0.1) is 0 Å². The molecule has 1 atom stereocenters. The fraction of sp³-hybridized carbons (Fsp3) is 0.500. The molecule has 1 aliphatic rings. The normalized spacial score (nSPS) is 20.8. The Labute approximate surface area is 102 Å². The molecule has 1 fully saturated rings. The highest BCUT2D eigenvalue weighted by Crippen LogP contribution is 2.16. The van der Waals surface area contributed by atoms with Crippen molar-refractivity contribution in [1.82, 2.24) is 4.90 Å². The Morgan fingerprint density at radius 1 is 1.50 bits per heavy atom. The number of nitrogens with two attached hydrogens (primary N) is 1. The minimum absolute atomic E-state index is 0. The average molecular weight is 245 g/mol. The first-order valence-corrected chi connectivity index (χ1v) is 5.38. The van der Waals surface area contributed by atoms with Gasteiger partial charge in [-0.25, -0.2) is 4.39 Å².